The Bertz CT molecular complexity index is 166. The fourth-order valence-corrected chi connectivity index (χ4v) is 0. The van der Waals surface area contributed by atoms with Crippen molar-refractivity contribution >= 4 is 16.1 Å². The van der Waals surface area contributed by atoms with Crippen molar-refractivity contribution in [3.8, 4) is 23.9 Å². The number of hydrogen-bond donors (Lipinski definition) is 0. The Morgan fingerprint density at radius 1 is 0.667 bits per heavy atom. The summed E-state index contributed by atoms with van der Waals surface area (Å²) in [6.45, 7) is 12.9. The highest BCUT2D eigenvalue weighted by molar-refractivity contribution is 6.84. The zero-order valence-corrected chi connectivity index (χ0v) is 11.2. The molecule has 0 spiro atoms. The number of hydrogen-bond acceptors (Lipinski definition) is 0. The van der Waals surface area contributed by atoms with E-state index in [0.717, 1.165) is 0 Å². The summed E-state index contributed by atoms with van der Waals surface area (Å²) in [4.78, 5) is 0. The van der Waals surface area contributed by atoms with E-state index in [2.05, 4.69) is 50.4 Å². The maximum Gasteiger partial charge on any atom is 0.128 e. The lowest BCUT2D eigenvalue weighted by molar-refractivity contribution is 1.82. The zero-order valence-electron chi connectivity index (χ0n) is 9.15. The summed E-state index contributed by atoms with van der Waals surface area (Å²) in [6, 6.07) is 0. The van der Waals surface area contributed by atoms with Crippen LogP contribution in [0.2, 0.25) is 39.3 Å². The molecule has 0 unspecified atom stereocenters. The van der Waals surface area contributed by atoms with Gasteiger partial charge in [-0.25, -0.2) is 0 Å². The molecule has 0 saturated heterocycles. The van der Waals surface area contributed by atoms with Gasteiger partial charge in [0.05, 0.1) is 0 Å². The summed E-state index contributed by atoms with van der Waals surface area (Å²) in [5.74, 6) is 0. The Balaban J connectivity index is 0. The van der Waals surface area contributed by atoms with Crippen molar-refractivity contribution in [1.29, 1.82) is 0 Å². The molecule has 0 rings (SSSR count). The summed E-state index contributed by atoms with van der Waals surface area (Å²) < 4.78 is 0. The molecule has 0 aliphatic carbocycles. The van der Waals surface area contributed by atoms with Gasteiger partial charge in [-0.15, -0.1) is 23.9 Å². The third kappa shape index (κ3) is 22.7. The molecule has 0 aromatic carbocycles. The lowest BCUT2D eigenvalue weighted by Gasteiger charge is -2.00. The second-order valence-electron chi connectivity index (χ2n) is 4.79. The van der Waals surface area contributed by atoms with E-state index in [1.54, 1.807) is 0 Å². The van der Waals surface area contributed by atoms with Crippen molar-refractivity contribution in [3.63, 3.8) is 0 Å². The number of terminal acetylenes is 2. The van der Waals surface area contributed by atoms with Crippen LogP contribution in [0.25, 0.3) is 0 Å². The average Bonchev–Trinajstić information content (AvgIpc) is 1.86. The van der Waals surface area contributed by atoms with Crippen molar-refractivity contribution in [2.24, 2.45) is 0 Å². The van der Waals surface area contributed by atoms with Crippen molar-refractivity contribution in [2.75, 3.05) is 0 Å². The van der Waals surface area contributed by atoms with E-state index in [1.165, 1.54) is 0 Å². The standard InChI is InChI=1S/2C5H10Si/c2*1-5-6(2,3)4/h2*1H,2-4H3. The molecule has 0 heterocycles. The van der Waals surface area contributed by atoms with Crippen molar-refractivity contribution in [3.05, 3.63) is 0 Å². The van der Waals surface area contributed by atoms with Gasteiger partial charge in [0.1, 0.15) is 16.1 Å². The van der Waals surface area contributed by atoms with E-state index < -0.39 is 16.1 Å². The molecular formula is C10H20Si2. The molecule has 0 bridgehead atoms. The maximum absolute atomic E-state index is 5.12. The lowest BCUT2D eigenvalue weighted by atomic mass is 11.4. The van der Waals surface area contributed by atoms with Gasteiger partial charge in [0.15, 0.2) is 0 Å². The van der Waals surface area contributed by atoms with E-state index in [4.69, 9.17) is 12.8 Å². The minimum atomic E-state index is -1.10. The molecule has 12 heavy (non-hydrogen) atoms. The lowest BCUT2D eigenvalue weighted by Crippen LogP contribution is -2.15. The second-order valence-corrected chi connectivity index (χ2v) is 14.4. The average molecular weight is 196 g/mol. The van der Waals surface area contributed by atoms with Crippen LogP contribution in [0.3, 0.4) is 0 Å². The maximum atomic E-state index is 5.12. The predicted molar refractivity (Wildman–Crippen MR) is 64.4 cm³/mol. The molecule has 0 saturated carbocycles. The fraction of sp³-hybridized carbons (Fsp3) is 0.600. The second kappa shape index (κ2) is 5.24. The van der Waals surface area contributed by atoms with Gasteiger partial charge in [-0.1, -0.05) is 39.3 Å². The van der Waals surface area contributed by atoms with Crippen LogP contribution >= 0.6 is 0 Å². The number of rotatable bonds is 0. The van der Waals surface area contributed by atoms with Crippen LogP contribution in [-0.2, 0) is 0 Å². The van der Waals surface area contributed by atoms with Gasteiger partial charge < -0.3 is 0 Å². The van der Waals surface area contributed by atoms with Crippen LogP contribution in [-0.4, -0.2) is 16.1 Å². The van der Waals surface area contributed by atoms with Gasteiger partial charge in [-0.3, -0.25) is 0 Å². The summed E-state index contributed by atoms with van der Waals surface area (Å²) >= 11 is 0. The predicted octanol–water partition coefficient (Wildman–Crippen LogP) is 2.99. The minimum absolute atomic E-state index is 1.10. The largest absolute Gasteiger partial charge is 0.135 e. The zero-order chi connectivity index (χ0) is 10.4. The highest BCUT2D eigenvalue weighted by Crippen LogP contribution is 1.94. The van der Waals surface area contributed by atoms with E-state index >= 15 is 0 Å². The normalized spacial score (nSPS) is 10.3. The summed E-state index contributed by atoms with van der Waals surface area (Å²) in [5, 5.41) is 0. The smallest absolute Gasteiger partial charge is 0.128 e. The third-order valence-corrected chi connectivity index (χ3v) is 2.60. The molecule has 2 heteroatoms. The van der Waals surface area contributed by atoms with Crippen LogP contribution in [0.4, 0.5) is 0 Å². The fourth-order valence-electron chi connectivity index (χ4n) is 0. The minimum Gasteiger partial charge on any atom is -0.135 e. The summed E-state index contributed by atoms with van der Waals surface area (Å²) in [7, 11) is -2.21. The molecule has 0 aromatic heterocycles. The van der Waals surface area contributed by atoms with Crippen LogP contribution in [0, 0.1) is 23.9 Å². The van der Waals surface area contributed by atoms with Crippen molar-refractivity contribution in [1.82, 2.24) is 0 Å². The monoisotopic (exact) mass is 196 g/mol. The molecule has 0 aliphatic heterocycles. The Labute approximate surface area is 79.8 Å². The van der Waals surface area contributed by atoms with Crippen LogP contribution < -0.4 is 0 Å². The van der Waals surface area contributed by atoms with Crippen LogP contribution in [0.15, 0.2) is 0 Å². The molecule has 0 N–H and O–H groups in total. The van der Waals surface area contributed by atoms with Gasteiger partial charge in [0.25, 0.3) is 0 Å². The van der Waals surface area contributed by atoms with Gasteiger partial charge in [-0.2, -0.15) is 0 Å². The van der Waals surface area contributed by atoms with Gasteiger partial charge in [0.2, 0.25) is 0 Å². The first-order valence-corrected chi connectivity index (χ1v) is 11.1. The highest BCUT2D eigenvalue weighted by Gasteiger charge is 2.05. The quantitative estimate of drug-likeness (QED) is 0.413. The highest BCUT2D eigenvalue weighted by atomic mass is 28.3. The molecular weight excluding hydrogens is 176 g/mol. The Hall–Kier alpha value is -0.446. The molecule has 0 nitrogen and oxygen atoms in total. The molecule has 0 aliphatic rings. The molecule has 0 amide bonds. The van der Waals surface area contributed by atoms with E-state index in [9.17, 15) is 0 Å². The SMILES string of the molecule is C#C[Si](C)(C)C.C#C[Si](C)(C)C. The topological polar surface area (TPSA) is 0 Å². The Kier molecular flexibility index (Phi) is 6.16. The molecule has 0 aromatic rings. The van der Waals surface area contributed by atoms with E-state index in [1.807, 2.05) is 0 Å². The summed E-state index contributed by atoms with van der Waals surface area (Å²) in [5.41, 5.74) is 5.49. The van der Waals surface area contributed by atoms with Crippen molar-refractivity contribution < 1.29 is 0 Å². The molecule has 0 atom stereocenters. The Morgan fingerprint density at radius 2 is 0.750 bits per heavy atom. The van der Waals surface area contributed by atoms with Crippen LogP contribution in [0.5, 0.6) is 0 Å². The van der Waals surface area contributed by atoms with Gasteiger partial charge >= 0.3 is 0 Å². The van der Waals surface area contributed by atoms with Crippen LogP contribution in [0.1, 0.15) is 0 Å². The Morgan fingerprint density at radius 3 is 0.750 bits per heavy atom. The van der Waals surface area contributed by atoms with Crippen molar-refractivity contribution in [2.45, 2.75) is 39.3 Å². The molecule has 0 radical (unpaired) electrons. The first-order chi connectivity index (χ1) is 5.12. The molecule has 68 valence electrons. The van der Waals surface area contributed by atoms with Gasteiger partial charge in [-0.05, 0) is 0 Å². The summed E-state index contributed by atoms with van der Waals surface area (Å²) in [6.07, 6.45) is 10.2. The van der Waals surface area contributed by atoms with Gasteiger partial charge in [0, 0.05) is 0 Å². The van der Waals surface area contributed by atoms with E-state index in [0.29, 0.717) is 0 Å². The third-order valence-electron chi connectivity index (χ3n) is 0.866. The van der Waals surface area contributed by atoms with E-state index in [-0.39, 0.29) is 0 Å². The first-order valence-electron chi connectivity index (χ1n) is 4.08. The molecule has 0 fully saturated rings. The first kappa shape index (κ1) is 14.1.